The van der Waals surface area contributed by atoms with Gasteiger partial charge in [0.2, 0.25) is 0 Å². The van der Waals surface area contributed by atoms with Crippen LogP contribution >= 0.6 is 0 Å². The van der Waals surface area contributed by atoms with Crippen LogP contribution in [0, 0.1) is 11.7 Å². The van der Waals surface area contributed by atoms with E-state index in [4.69, 9.17) is 0 Å². The highest BCUT2D eigenvalue weighted by Crippen LogP contribution is 2.17. The summed E-state index contributed by atoms with van der Waals surface area (Å²) in [7, 11) is 0. The fraction of sp³-hybridized carbons (Fsp3) is 0.556. The van der Waals surface area contributed by atoms with Crippen molar-refractivity contribution < 1.29 is 4.39 Å². The summed E-state index contributed by atoms with van der Waals surface area (Å²) in [6, 6.07) is 5.50. The third-order valence-electron chi connectivity index (χ3n) is 3.80. The van der Waals surface area contributed by atoms with Crippen molar-refractivity contribution in [2.45, 2.75) is 40.3 Å². The van der Waals surface area contributed by atoms with Crippen LogP contribution in [0.15, 0.2) is 29.8 Å². The molecule has 1 aromatic rings. The molecule has 1 N–H and O–H groups in total. The summed E-state index contributed by atoms with van der Waals surface area (Å²) in [5, 5.41) is 3.41. The van der Waals surface area contributed by atoms with Crippen molar-refractivity contribution in [2.75, 3.05) is 19.6 Å². The van der Waals surface area contributed by atoms with Crippen molar-refractivity contribution in [3.05, 3.63) is 46.8 Å². The van der Waals surface area contributed by atoms with Gasteiger partial charge >= 0.3 is 0 Å². The van der Waals surface area contributed by atoms with Gasteiger partial charge in [-0.15, -0.1) is 0 Å². The highest BCUT2D eigenvalue weighted by atomic mass is 19.1. The third kappa shape index (κ3) is 5.25. The average Bonchev–Trinajstić information content (AvgIpc) is 2.42. The van der Waals surface area contributed by atoms with Crippen molar-refractivity contribution in [3.63, 3.8) is 0 Å². The Bertz CT molecular complexity index is 494. The summed E-state index contributed by atoms with van der Waals surface area (Å²) in [5.74, 6) is 0.544. The SMILES string of the molecule is CC1=CCCN(Cc2cc(CNCC(C)C)ccc2F)C1. The van der Waals surface area contributed by atoms with Crippen molar-refractivity contribution >= 4 is 0 Å². The monoisotopic (exact) mass is 290 g/mol. The molecule has 0 bridgehead atoms. The first-order valence-electron chi connectivity index (χ1n) is 7.90. The van der Waals surface area contributed by atoms with E-state index in [0.717, 1.165) is 43.7 Å². The molecular weight excluding hydrogens is 263 g/mol. The molecule has 0 unspecified atom stereocenters. The van der Waals surface area contributed by atoms with E-state index in [9.17, 15) is 4.39 Å². The van der Waals surface area contributed by atoms with Gasteiger partial charge in [0.05, 0.1) is 0 Å². The number of rotatable bonds is 6. The zero-order valence-corrected chi connectivity index (χ0v) is 13.5. The fourth-order valence-electron chi connectivity index (χ4n) is 2.73. The summed E-state index contributed by atoms with van der Waals surface area (Å²) in [6.07, 6.45) is 3.35. The van der Waals surface area contributed by atoms with Crippen LogP contribution in [0.1, 0.15) is 38.3 Å². The maximum Gasteiger partial charge on any atom is 0.127 e. The van der Waals surface area contributed by atoms with Crippen LogP contribution in [-0.4, -0.2) is 24.5 Å². The van der Waals surface area contributed by atoms with E-state index in [1.165, 1.54) is 5.57 Å². The second-order valence-electron chi connectivity index (χ2n) is 6.50. The maximum absolute atomic E-state index is 14.0. The molecule has 3 heteroatoms. The van der Waals surface area contributed by atoms with Gasteiger partial charge in [0.25, 0.3) is 0 Å². The minimum atomic E-state index is -0.0881. The van der Waals surface area contributed by atoms with Crippen molar-refractivity contribution in [1.82, 2.24) is 10.2 Å². The summed E-state index contributed by atoms with van der Waals surface area (Å²) in [4.78, 5) is 2.32. The largest absolute Gasteiger partial charge is 0.312 e. The molecule has 116 valence electrons. The lowest BCUT2D eigenvalue weighted by molar-refractivity contribution is 0.278. The van der Waals surface area contributed by atoms with Crippen molar-refractivity contribution in [1.29, 1.82) is 0 Å². The molecule has 0 fully saturated rings. The second kappa shape index (κ2) is 7.71. The lowest BCUT2D eigenvalue weighted by atomic mass is 10.1. The first kappa shape index (κ1) is 16.2. The van der Waals surface area contributed by atoms with Crippen molar-refractivity contribution in [3.8, 4) is 0 Å². The Labute approximate surface area is 128 Å². The quantitative estimate of drug-likeness (QED) is 0.803. The number of hydrogen-bond donors (Lipinski definition) is 1. The van der Waals surface area contributed by atoms with Crippen LogP contribution in [0.2, 0.25) is 0 Å². The lowest BCUT2D eigenvalue weighted by Crippen LogP contribution is -2.29. The molecule has 2 nitrogen and oxygen atoms in total. The standard InChI is InChI=1S/C18H27FN2/c1-14(2)10-20-11-16-6-7-18(19)17(9-16)13-21-8-4-5-15(3)12-21/h5-7,9,14,20H,4,8,10-13H2,1-3H3. The second-order valence-corrected chi connectivity index (χ2v) is 6.50. The van der Waals surface area contributed by atoms with E-state index in [-0.39, 0.29) is 5.82 Å². The van der Waals surface area contributed by atoms with Gasteiger partial charge in [-0.1, -0.05) is 37.6 Å². The third-order valence-corrected chi connectivity index (χ3v) is 3.80. The van der Waals surface area contributed by atoms with Gasteiger partial charge in [-0.3, -0.25) is 4.90 Å². The van der Waals surface area contributed by atoms with E-state index in [1.54, 1.807) is 6.07 Å². The van der Waals surface area contributed by atoms with E-state index < -0.39 is 0 Å². The average molecular weight is 290 g/mol. The van der Waals surface area contributed by atoms with Gasteiger partial charge in [0.15, 0.2) is 0 Å². The number of nitrogens with zero attached hydrogens (tertiary/aromatic N) is 1. The molecule has 0 aliphatic carbocycles. The molecule has 1 aliphatic heterocycles. The van der Waals surface area contributed by atoms with Crippen molar-refractivity contribution in [2.24, 2.45) is 5.92 Å². The lowest BCUT2D eigenvalue weighted by Gasteiger charge is -2.26. The molecular formula is C18H27FN2. The Morgan fingerprint density at radius 3 is 2.86 bits per heavy atom. The van der Waals surface area contributed by atoms with Crippen LogP contribution < -0.4 is 5.32 Å². The first-order chi connectivity index (χ1) is 10.0. The molecule has 0 radical (unpaired) electrons. The number of benzene rings is 1. The molecule has 0 atom stereocenters. The highest BCUT2D eigenvalue weighted by Gasteiger charge is 2.13. The van der Waals surface area contributed by atoms with E-state index >= 15 is 0 Å². The Balaban J connectivity index is 1.96. The first-order valence-corrected chi connectivity index (χ1v) is 7.90. The van der Waals surface area contributed by atoms with Crippen LogP contribution in [-0.2, 0) is 13.1 Å². The van der Waals surface area contributed by atoms with Gasteiger partial charge in [-0.25, -0.2) is 4.39 Å². The smallest absolute Gasteiger partial charge is 0.127 e. The minimum absolute atomic E-state index is 0.0881. The predicted octanol–water partition coefficient (Wildman–Crippen LogP) is 3.72. The zero-order chi connectivity index (χ0) is 15.2. The van der Waals surface area contributed by atoms with Crippen LogP contribution in [0.25, 0.3) is 0 Å². The Hall–Kier alpha value is -1.19. The molecule has 0 spiro atoms. The van der Waals surface area contributed by atoms with Gasteiger partial charge in [-0.05, 0) is 37.4 Å². The van der Waals surface area contributed by atoms with Gasteiger partial charge < -0.3 is 5.32 Å². The molecule has 0 amide bonds. The van der Waals surface area contributed by atoms with Crippen LogP contribution in [0.3, 0.4) is 0 Å². The summed E-state index contributed by atoms with van der Waals surface area (Å²) in [6.45, 7) is 11.0. The summed E-state index contributed by atoms with van der Waals surface area (Å²) < 4.78 is 14.0. The molecule has 0 aromatic heterocycles. The fourth-order valence-corrected chi connectivity index (χ4v) is 2.73. The Kier molecular flexibility index (Phi) is 5.95. The van der Waals surface area contributed by atoms with E-state index in [1.807, 2.05) is 12.1 Å². The Morgan fingerprint density at radius 1 is 1.33 bits per heavy atom. The molecule has 2 rings (SSSR count). The predicted molar refractivity (Wildman–Crippen MR) is 86.6 cm³/mol. The van der Waals surface area contributed by atoms with Crippen LogP contribution in [0.5, 0.6) is 0 Å². The van der Waals surface area contributed by atoms with E-state index in [0.29, 0.717) is 12.5 Å². The molecule has 0 saturated heterocycles. The maximum atomic E-state index is 14.0. The Morgan fingerprint density at radius 2 is 2.14 bits per heavy atom. The number of hydrogen-bond acceptors (Lipinski definition) is 2. The molecule has 1 aromatic carbocycles. The number of halogens is 1. The molecule has 1 heterocycles. The van der Waals surface area contributed by atoms with Gasteiger partial charge in [0, 0.05) is 31.7 Å². The van der Waals surface area contributed by atoms with Gasteiger partial charge in [0.1, 0.15) is 5.82 Å². The molecule has 21 heavy (non-hydrogen) atoms. The van der Waals surface area contributed by atoms with Crippen LogP contribution in [0.4, 0.5) is 4.39 Å². The normalized spacial score (nSPS) is 16.3. The molecule has 0 saturated carbocycles. The molecule has 1 aliphatic rings. The topological polar surface area (TPSA) is 15.3 Å². The van der Waals surface area contributed by atoms with E-state index in [2.05, 4.69) is 37.1 Å². The summed E-state index contributed by atoms with van der Waals surface area (Å²) in [5.41, 5.74) is 3.36. The number of nitrogens with one attached hydrogen (secondary N) is 1. The summed E-state index contributed by atoms with van der Waals surface area (Å²) >= 11 is 0. The minimum Gasteiger partial charge on any atom is -0.312 e. The highest BCUT2D eigenvalue weighted by molar-refractivity contribution is 5.25. The zero-order valence-electron chi connectivity index (χ0n) is 13.5. The van der Waals surface area contributed by atoms with Gasteiger partial charge in [-0.2, -0.15) is 0 Å².